The van der Waals surface area contributed by atoms with Crippen molar-refractivity contribution < 1.29 is 9.53 Å². The van der Waals surface area contributed by atoms with E-state index in [0.717, 1.165) is 49.3 Å². The number of fused-ring (bicyclic) bond motifs is 2. The maximum atomic E-state index is 10.8. The molecule has 0 unspecified atom stereocenters. The summed E-state index contributed by atoms with van der Waals surface area (Å²) in [6, 6.07) is 4.46. The minimum atomic E-state index is -0.247. The van der Waals surface area contributed by atoms with Crippen LogP contribution in [0.2, 0.25) is 0 Å². The van der Waals surface area contributed by atoms with Crippen LogP contribution in [0.25, 0.3) is 11.0 Å². The number of aromatic nitrogens is 2. The first-order valence-electron chi connectivity index (χ1n) is 8.02. The van der Waals surface area contributed by atoms with Crippen molar-refractivity contribution in [3.63, 3.8) is 0 Å². The van der Waals surface area contributed by atoms with Crippen LogP contribution < -0.4 is 0 Å². The molecule has 22 heavy (non-hydrogen) atoms. The number of H-pyrrole nitrogens is 1. The van der Waals surface area contributed by atoms with Gasteiger partial charge in [0.05, 0.1) is 17.6 Å². The molecule has 1 N–H and O–H groups in total. The molecule has 0 fully saturated rings. The zero-order chi connectivity index (χ0) is 15.5. The van der Waals surface area contributed by atoms with Gasteiger partial charge in [0.25, 0.3) is 0 Å². The quantitative estimate of drug-likeness (QED) is 0.879. The summed E-state index contributed by atoms with van der Waals surface area (Å²) in [6.45, 7) is 7.39. The van der Waals surface area contributed by atoms with Gasteiger partial charge in [0.2, 0.25) is 0 Å². The van der Waals surface area contributed by atoms with E-state index >= 15 is 0 Å². The number of carbonyl (C=O) groups is 1. The second-order valence-corrected chi connectivity index (χ2v) is 5.85. The van der Waals surface area contributed by atoms with E-state index in [1.165, 1.54) is 18.1 Å². The Hall–Kier alpha value is -1.88. The molecule has 0 amide bonds. The van der Waals surface area contributed by atoms with Gasteiger partial charge in [0.15, 0.2) is 0 Å². The third kappa shape index (κ3) is 3.30. The minimum Gasteiger partial charge on any atom is -0.465 e. The van der Waals surface area contributed by atoms with Crippen LogP contribution in [0.5, 0.6) is 0 Å². The van der Waals surface area contributed by atoms with Crippen molar-refractivity contribution in [2.24, 2.45) is 0 Å². The normalized spacial score (nSPS) is 15.5. The molecular formula is C17H23N3O2. The number of ether oxygens (including phenoxy) is 1. The number of esters is 1. The number of nitrogens with zero attached hydrogens (tertiary/aromatic N) is 2. The van der Waals surface area contributed by atoms with Gasteiger partial charge in [-0.3, -0.25) is 4.79 Å². The molecule has 0 saturated carbocycles. The fourth-order valence-corrected chi connectivity index (χ4v) is 3.06. The number of benzene rings is 1. The van der Waals surface area contributed by atoms with Gasteiger partial charge in [-0.1, -0.05) is 6.92 Å². The predicted molar refractivity (Wildman–Crippen MR) is 86.0 cm³/mol. The van der Waals surface area contributed by atoms with E-state index in [1.807, 2.05) is 0 Å². The molecule has 5 heteroatoms. The van der Waals surface area contributed by atoms with Gasteiger partial charge in [-0.25, -0.2) is 4.98 Å². The third-order valence-corrected chi connectivity index (χ3v) is 4.34. The summed E-state index contributed by atoms with van der Waals surface area (Å²) in [6.07, 6.45) is 2.82. The fraction of sp³-hybridized carbons (Fsp3) is 0.529. The molecule has 0 radical (unpaired) electrons. The van der Waals surface area contributed by atoms with Crippen LogP contribution in [0, 0.1) is 0 Å². The van der Waals surface area contributed by atoms with Crippen molar-refractivity contribution in [3.05, 3.63) is 29.1 Å². The maximum Gasteiger partial charge on any atom is 0.302 e. The summed E-state index contributed by atoms with van der Waals surface area (Å²) in [5, 5.41) is 0. The van der Waals surface area contributed by atoms with Crippen LogP contribution in [0.1, 0.15) is 30.8 Å². The van der Waals surface area contributed by atoms with E-state index in [0.29, 0.717) is 13.0 Å². The second-order valence-electron chi connectivity index (χ2n) is 5.85. The van der Waals surface area contributed by atoms with Crippen LogP contribution in [0.4, 0.5) is 0 Å². The Morgan fingerprint density at radius 1 is 1.32 bits per heavy atom. The number of carbonyl (C=O) groups excluding carboxylic acids is 1. The summed E-state index contributed by atoms with van der Waals surface area (Å²) >= 11 is 0. The monoisotopic (exact) mass is 301 g/mol. The van der Waals surface area contributed by atoms with Crippen molar-refractivity contribution in [1.82, 2.24) is 14.9 Å². The molecule has 0 aliphatic carbocycles. The zero-order valence-corrected chi connectivity index (χ0v) is 13.3. The van der Waals surface area contributed by atoms with Gasteiger partial charge in [-0.15, -0.1) is 0 Å². The highest BCUT2D eigenvalue weighted by Crippen LogP contribution is 2.22. The van der Waals surface area contributed by atoms with Gasteiger partial charge in [-0.05, 0) is 42.6 Å². The Labute approximate surface area is 130 Å². The van der Waals surface area contributed by atoms with Crippen molar-refractivity contribution in [3.8, 4) is 0 Å². The number of rotatable bonds is 4. The number of hydrogen-bond acceptors (Lipinski definition) is 4. The molecule has 3 rings (SSSR count). The lowest BCUT2D eigenvalue weighted by molar-refractivity contribution is -0.140. The van der Waals surface area contributed by atoms with Crippen molar-refractivity contribution in [1.29, 1.82) is 0 Å². The Kier molecular flexibility index (Phi) is 4.43. The van der Waals surface area contributed by atoms with E-state index in [1.54, 1.807) is 0 Å². The van der Waals surface area contributed by atoms with E-state index in [9.17, 15) is 4.79 Å². The lowest BCUT2D eigenvalue weighted by Crippen LogP contribution is -2.25. The van der Waals surface area contributed by atoms with Crippen LogP contribution >= 0.6 is 0 Å². The first-order valence-corrected chi connectivity index (χ1v) is 8.02. The lowest BCUT2D eigenvalue weighted by Gasteiger charge is -2.16. The van der Waals surface area contributed by atoms with Gasteiger partial charge in [-0.2, -0.15) is 0 Å². The van der Waals surface area contributed by atoms with Gasteiger partial charge in [0, 0.05) is 26.4 Å². The first kappa shape index (κ1) is 15.0. The highest BCUT2D eigenvalue weighted by Gasteiger charge is 2.15. The summed E-state index contributed by atoms with van der Waals surface area (Å²) < 4.78 is 4.98. The Bertz CT molecular complexity index is 633. The minimum absolute atomic E-state index is 0.247. The van der Waals surface area contributed by atoms with E-state index in [2.05, 4.69) is 33.9 Å². The smallest absolute Gasteiger partial charge is 0.302 e. The van der Waals surface area contributed by atoms with Crippen LogP contribution in [-0.4, -0.2) is 47.1 Å². The number of aromatic amines is 1. The molecule has 0 saturated heterocycles. The molecule has 0 spiro atoms. The number of imidazole rings is 1. The molecule has 1 aliphatic heterocycles. The Morgan fingerprint density at radius 2 is 2.05 bits per heavy atom. The molecular weight excluding hydrogens is 278 g/mol. The highest BCUT2D eigenvalue weighted by molar-refractivity contribution is 5.77. The first-order chi connectivity index (χ1) is 10.7. The van der Waals surface area contributed by atoms with Crippen LogP contribution in [-0.2, 0) is 28.8 Å². The Morgan fingerprint density at radius 3 is 2.73 bits per heavy atom. The lowest BCUT2D eigenvalue weighted by atomic mass is 10.0. The average molecular weight is 301 g/mol. The van der Waals surface area contributed by atoms with Gasteiger partial charge in [0.1, 0.15) is 5.82 Å². The van der Waals surface area contributed by atoms with Crippen molar-refractivity contribution in [2.75, 3.05) is 26.2 Å². The topological polar surface area (TPSA) is 58.2 Å². The van der Waals surface area contributed by atoms with Crippen LogP contribution in [0.3, 0.4) is 0 Å². The number of likely N-dealkylation sites (N-methyl/N-ethyl adjacent to an activating group) is 1. The molecule has 1 aliphatic rings. The number of hydrogen-bond donors (Lipinski definition) is 1. The highest BCUT2D eigenvalue weighted by atomic mass is 16.5. The second kappa shape index (κ2) is 6.48. The average Bonchev–Trinajstić information content (AvgIpc) is 2.76. The SMILES string of the molecule is CCN1CCc2cc3nc(CCOC(C)=O)[nH]c3cc2CC1. The predicted octanol–water partition coefficient (Wildman–Crippen LogP) is 2.09. The molecule has 5 nitrogen and oxygen atoms in total. The molecule has 2 heterocycles. The summed E-state index contributed by atoms with van der Waals surface area (Å²) in [4.78, 5) is 21.3. The standard InChI is InChI=1S/C17H23N3O2/c1-3-20-7-4-13-10-15-16(11-14(13)5-8-20)19-17(18-15)6-9-22-12(2)21/h10-11H,3-9H2,1-2H3,(H,18,19). The zero-order valence-electron chi connectivity index (χ0n) is 13.3. The number of nitrogens with one attached hydrogen (secondary N) is 1. The molecule has 1 aromatic heterocycles. The molecule has 0 atom stereocenters. The van der Waals surface area contributed by atoms with Crippen LogP contribution in [0.15, 0.2) is 12.1 Å². The molecule has 1 aromatic carbocycles. The van der Waals surface area contributed by atoms with Crippen molar-refractivity contribution in [2.45, 2.75) is 33.1 Å². The summed E-state index contributed by atoms with van der Waals surface area (Å²) in [7, 11) is 0. The Balaban J connectivity index is 1.78. The molecule has 0 bridgehead atoms. The van der Waals surface area contributed by atoms with E-state index < -0.39 is 0 Å². The van der Waals surface area contributed by atoms with Gasteiger partial charge >= 0.3 is 5.97 Å². The summed E-state index contributed by atoms with van der Waals surface area (Å²) in [5.74, 6) is 0.634. The third-order valence-electron chi connectivity index (χ3n) is 4.34. The molecule has 2 aromatic rings. The van der Waals surface area contributed by atoms with E-state index in [-0.39, 0.29) is 5.97 Å². The maximum absolute atomic E-state index is 10.8. The molecule has 118 valence electrons. The van der Waals surface area contributed by atoms with E-state index in [4.69, 9.17) is 4.74 Å². The fourth-order valence-electron chi connectivity index (χ4n) is 3.06. The van der Waals surface area contributed by atoms with Crippen molar-refractivity contribution >= 4 is 17.0 Å². The largest absolute Gasteiger partial charge is 0.465 e. The summed E-state index contributed by atoms with van der Waals surface area (Å²) in [5.41, 5.74) is 4.95. The van der Waals surface area contributed by atoms with Gasteiger partial charge < -0.3 is 14.6 Å².